The number of ether oxygens (including phenoxy) is 4. The molecule has 0 spiro atoms. The number of aliphatic hydroxyl groups is 4. The van der Waals surface area contributed by atoms with E-state index in [1.807, 2.05) is 0 Å². The van der Waals surface area contributed by atoms with Gasteiger partial charge in [-0.2, -0.15) is 0 Å². The largest absolute Gasteiger partial charge is 0.472 e. The topological polar surface area (TPSA) is 287 Å². The van der Waals surface area contributed by atoms with Crippen LogP contribution in [-0.4, -0.2) is 136 Å². The third kappa shape index (κ3) is 12.5. The highest BCUT2D eigenvalue weighted by Gasteiger charge is 2.50. The van der Waals surface area contributed by atoms with E-state index in [1.54, 1.807) is 0 Å². The van der Waals surface area contributed by atoms with Gasteiger partial charge in [-0.05, 0) is 32.6 Å². The van der Waals surface area contributed by atoms with E-state index >= 15 is 0 Å². The van der Waals surface area contributed by atoms with Gasteiger partial charge in [-0.25, -0.2) is 9.36 Å². The number of H-pyrrole nitrogens is 1. The van der Waals surface area contributed by atoms with Crippen LogP contribution in [0.1, 0.15) is 63.7 Å². The lowest BCUT2D eigenvalue weighted by Crippen LogP contribution is -2.64. The Bertz CT molecular complexity index is 1430. The van der Waals surface area contributed by atoms with Crippen LogP contribution in [0.2, 0.25) is 0 Å². The maximum Gasteiger partial charge on any atom is 0.472 e. The molecule has 21 heteroatoms. The van der Waals surface area contributed by atoms with E-state index < -0.39 is 93.4 Å². The number of phosphoric ester groups is 1. The molecule has 20 nitrogen and oxygen atoms in total. The van der Waals surface area contributed by atoms with Gasteiger partial charge in [0.15, 0.2) is 12.5 Å². The Morgan fingerprint density at radius 1 is 0.961 bits per heavy atom. The molecule has 1 aromatic heterocycles. The summed E-state index contributed by atoms with van der Waals surface area (Å²) in [6, 6.07) is -1.03. The maximum atomic E-state index is 12.5. The quantitative estimate of drug-likeness (QED) is 0.0500. The highest BCUT2D eigenvalue weighted by Crippen LogP contribution is 2.48. The van der Waals surface area contributed by atoms with Crippen molar-refractivity contribution in [1.29, 1.82) is 0 Å². The van der Waals surface area contributed by atoms with Crippen molar-refractivity contribution in [2.45, 2.75) is 114 Å². The van der Waals surface area contributed by atoms with Gasteiger partial charge in [0, 0.05) is 52.0 Å². The molecule has 1 aromatic rings. The highest BCUT2D eigenvalue weighted by molar-refractivity contribution is 7.47. The van der Waals surface area contributed by atoms with E-state index in [0.29, 0.717) is 38.6 Å². The fourth-order valence-electron chi connectivity index (χ4n) is 5.68. The Morgan fingerprint density at radius 3 is 2.29 bits per heavy atom. The van der Waals surface area contributed by atoms with Crippen LogP contribution in [0.15, 0.2) is 15.8 Å². The minimum Gasteiger partial charge on any atom is -0.394 e. The van der Waals surface area contributed by atoms with E-state index in [2.05, 4.69) is 20.1 Å². The number of nitrogens with one attached hydrogen (secondary N) is 3. The predicted molar refractivity (Wildman–Crippen MR) is 175 cm³/mol. The van der Waals surface area contributed by atoms with Gasteiger partial charge in [0.25, 0.3) is 5.56 Å². The van der Waals surface area contributed by atoms with Crippen molar-refractivity contribution in [3.05, 3.63) is 32.6 Å². The van der Waals surface area contributed by atoms with E-state index in [4.69, 9.17) is 23.5 Å². The first-order valence-corrected chi connectivity index (χ1v) is 18.3. The normalized spacial score (nSPS) is 29.1. The number of aliphatic hydroxyl groups excluding tert-OH is 4. The van der Waals surface area contributed by atoms with Crippen molar-refractivity contribution in [1.82, 2.24) is 20.2 Å². The summed E-state index contributed by atoms with van der Waals surface area (Å²) in [6.45, 7) is 2.36. The number of hydrogen-bond donors (Lipinski definition) is 8. The second-order valence-corrected chi connectivity index (χ2v) is 13.8. The zero-order valence-electron chi connectivity index (χ0n) is 28.9. The van der Waals surface area contributed by atoms with Crippen LogP contribution in [0.3, 0.4) is 0 Å². The lowest BCUT2D eigenvalue weighted by Gasteiger charge is -2.42. The van der Waals surface area contributed by atoms with Crippen molar-refractivity contribution >= 4 is 19.6 Å². The van der Waals surface area contributed by atoms with E-state index in [1.165, 1.54) is 20.0 Å². The molecular formula is C30H51N4O16P. The van der Waals surface area contributed by atoms with Crippen molar-refractivity contribution in [2.24, 2.45) is 0 Å². The Labute approximate surface area is 294 Å². The SMILES string of the molecule is COP(=O)(O)O[C@H]1C(OCCCCCCNC(=O)CCCCO[C@@H]2O[C@H](CO)[C@H](O)[C@H](O)[C@H]2NC(C)=O)[C@@H](CO)O[C@H]1n1cc(C)c(=O)[nH]c1=O. The molecule has 3 rings (SSSR count). The third-order valence-electron chi connectivity index (χ3n) is 8.41. The number of nitrogens with zero attached hydrogens (tertiary/aromatic N) is 1. The molecule has 51 heavy (non-hydrogen) atoms. The molecule has 2 fully saturated rings. The number of amides is 2. The third-order valence-corrected chi connectivity index (χ3v) is 9.38. The van der Waals surface area contributed by atoms with E-state index in [0.717, 1.165) is 18.1 Å². The molecule has 0 bridgehead atoms. The molecule has 8 N–H and O–H groups in total. The summed E-state index contributed by atoms with van der Waals surface area (Å²) in [5, 5.41) is 45.1. The van der Waals surface area contributed by atoms with Crippen LogP contribution in [0.5, 0.6) is 0 Å². The van der Waals surface area contributed by atoms with Gasteiger partial charge >= 0.3 is 13.5 Å². The molecule has 0 saturated carbocycles. The Hall–Kier alpha value is -2.59. The minimum atomic E-state index is -4.60. The first-order chi connectivity index (χ1) is 24.2. The van der Waals surface area contributed by atoms with Gasteiger partial charge in [-0.3, -0.25) is 33.0 Å². The molecule has 0 radical (unpaired) electrons. The lowest BCUT2D eigenvalue weighted by molar-refractivity contribution is -0.270. The summed E-state index contributed by atoms with van der Waals surface area (Å²) < 4.78 is 46.0. The fourth-order valence-corrected chi connectivity index (χ4v) is 6.30. The number of hydrogen-bond acceptors (Lipinski definition) is 15. The highest BCUT2D eigenvalue weighted by atomic mass is 31.2. The van der Waals surface area contributed by atoms with E-state index in [9.17, 15) is 49.1 Å². The van der Waals surface area contributed by atoms with Crippen molar-refractivity contribution in [3.8, 4) is 0 Å². The van der Waals surface area contributed by atoms with Crippen LogP contribution in [-0.2, 0) is 42.1 Å². The Morgan fingerprint density at radius 2 is 1.63 bits per heavy atom. The Kier molecular flexibility index (Phi) is 17.3. The monoisotopic (exact) mass is 754 g/mol. The van der Waals surface area contributed by atoms with Crippen LogP contribution < -0.4 is 21.9 Å². The molecular weight excluding hydrogens is 703 g/mol. The minimum absolute atomic E-state index is 0.145. The number of carbonyl (C=O) groups is 2. The molecule has 2 unspecified atom stereocenters. The van der Waals surface area contributed by atoms with Gasteiger partial charge in [-0.1, -0.05) is 12.8 Å². The molecule has 10 atom stereocenters. The second kappa shape index (κ2) is 20.6. The smallest absolute Gasteiger partial charge is 0.394 e. The van der Waals surface area contributed by atoms with Crippen LogP contribution in [0.25, 0.3) is 0 Å². The van der Waals surface area contributed by atoms with E-state index in [-0.39, 0.29) is 31.1 Å². The summed E-state index contributed by atoms with van der Waals surface area (Å²) >= 11 is 0. The molecule has 292 valence electrons. The van der Waals surface area contributed by atoms with Gasteiger partial charge in [0.2, 0.25) is 11.8 Å². The fraction of sp³-hybridized carbons (Fsp3) is 0.800. The predicted octanol–water partition coefficient (Wildman–Crippen LogP) is -1.94. The molecule has 0 aromatic carbocycles. The summed E-state index contributed by atoms with van der Waals surface area (Å²) in [7, 11) is -3.63. The van der Waals surface area contributed by atoms with Crippen LogP contribution in [0.4, 0.5) is 0 Å². The second-order valence-electron chi connectivity index (χ2n) is 12.3. The van der Waals surface area contributed by atoms with Gasteiger partial charge in [0.05, 0.1) is 13.2 Å². The van der Waals surface area contributed by atoms with Crippen molar-refractivity contribution < 1.29 is 67.5 Å². The molecule has 2 aliphatic rings. The van der Waals surface area contributed by atoms with Gasteiger partial charge in [0.1, 0.15) is 42.7 Å². The maximum absolute atomic E-state index is 12.5. The summed E-state index contributed by atoms with van der Waals surface area (Å²) in [5.41, 5.74) is -1.29. The number of carbonyl (C=O) groups excluding carboxylic acids is 2. The summed E-state index contributed by atoms with van der Waals surface area (Å²) in [6.07, 6.45) is -4.62. The van der Waals surface area contributed by atoms with Gasteiger partial charge in [-0.15, -0.1) is 0 Å². The van der Waals surface area contributed by atoms with Crippen molar-refractivity contribution in [2.75, 3.05) is 40.1 Å². The average molecular weight is 755 g/mol. The summed E-state index contributed by atoms with van der Waals surface area (Å²) in [4.78, 5) is 60.3. The molecule has 2 saturated heterocycles. The molecule has 0 aliphatic carbocycles. The Balaban J connectivity index is 1.35. The van der Waals surface area contributed by atoms with Crippen LogP contribution in [0, 0.1) is 6.92 Å². The number of aromatic amines is 1. The first-order valence-electron chi connectivity index (χ1n) is 16.8. The average Bonchev–Trinajstić information content (AvgIpc) is 3.42. The number of unbranched alkanes of at least 4 members (excludes halogenated alkanes) is 4. The molecule has 2 aliphatic heterocycles. The first kappa shape index (κ1) is 42.8. The number of aromatic nitrogens is 2. The molecule has 2 amide bonds. The molecule has 3 heterocycles. The van der Waals surface area contributed by atoms with Crippen molar-refractivity contribution in [3.63, 3.8) is 0 Å². The zero-order chi connectivity index (χ0) is 37.7. The lowest BCUT2D eigenvalue weighted by atomic mass is 9.97. The number of rotatable bonds is 21. The van der Waals surface area contributed by atoms with Crippen LogP contribution >= 0.6 is 7.82 Å². The van der Waals surface area contributed by atoms with Gasteiger partial charge < -0.3 is 54.9 Å². The zero-order valence-corrected chi connectivity index (χ0v) is 29.8. The number of phosphoric acid groups is 1. The standard InChI is InChI=1S/C30H51N4O16P/c1-17-14-34(30(42)33-27(17)41)28-26(50-51(43,44)45-3)25(20(16-36)48-28)46-12-8-5-4-7-11-31-21(38)10-6-9-13-47-29-22(32-18(2)37)24(40)23(39)19(15-35)49-29/h14,19-20,22-26,28-29,35-36,39-40H,4-13,15-16H2,1-3H3,(H,31,38)(H,32,37)(H,43,44)(H,33,41,42)/t19-,20-,22-,23+,24-,25?,26+,28-,29-/m1/s1. The number of aryl methyl sites for hydroxylation is 1. The summed E-state index contributed by atoms with van der Waals surface area (Å²) in [5.74, 6) is -0.600.